The molecule has 0 fully saturated rings. The number of hydrogen-bond acceptors (Lipinski definition) is 1. The highest BCUT2D eigenvalue weighted by Crippen LogP contribution is 2.04. The fourth-order valence-electron chi connectivity index (χ4n) is 0.961. The molecule has 0 heterocycles. The van der Waals surface area contributed by atoms with Crippen molar-refractivity contribution in [3.8, 4) is 0 Å². The minimum absolute atomic E-state index is 0.670. The van der Waals surface area contributed by atoms with E-state index < -0.39 is 0 Å². The molecule has 0 N–H and O–H groups in total. The fraction of sp³-hybridized carbons (Fsp3) is 0.667. The molecule has 0 spiro atoms. The molecule has 1 atom stereocenters. The molecule has 0 radical (unpaired) electrons. The lowest BCUT2D eigenvalue weighted by molar-refractivity contribution is 0.480. The number of nitrogens with zero attached hydrogens (tertiary/aromatic N) is 1. The van der Waals surface area contributed by atoms with Crippen LogP contribution in [-0.2, 0) is 0 Å². The normalized spacial score (nSPS) is 13.2. The molecule has 0 rings (SSSR count). The van der Waals surface area contributed by atoms with Crippen LogP contribution >= 0.6 is 0 Å². The van der Waals surface area contributed by atoms with Crippen molar-refractivity contribution in [1.29, 1.82) is 0 Å². The average molecular weight is 181 g/mol. The minimum Gasteiger partial charge on any atom is -0.355 e. The van der Waals surface area contributed by atoms with Gasteiger partial charge in [0.2, 0.25) is 0 Å². The maximum Gasteiger partial charge on any atom is 0.0219 e. The van der Waals surface area contributed by atoms with Gasteiger partial charge in [-0.2, -0.15) is 0 Å². The van der Waals surface area contributed by atoms with Gasteiger partial charge in [-0.15, -0.1) is 0 Å². The van der Waals surface area contributed by atoms with Crippen molar-refractivity contribution in [3.63, 3.8) is 0 Å². The lowest BCUT2D eigenvalue weighted by Crippen LogP contribution is -2.10. The zero-order chi connectivity index (χ0) is 10.1. The summed E-state index contributed by atoms with van der Waals surface area (Å²) in [6, 6.07) is 0. The Morgan fingerprint density at radius 3 is 2.54 bits per heavy atom. The van der Waals surface area contributed by atoms with Gasteiger partial charge in [0.25, 0.3) is 0 Å². The van der Waals surface area contributed by atoms with E-state index in [0.717, 1.165) is 6.54 Å². The van der Waals surface area contributed by atoms with Crippen molar-refractivity contribution in [3.05, 3.63) is 25.1 Å². The summed E-state index contributed by atoms with van der Waals surface area (Å²) in [6.07, 6.45) is 9.97. The van der Waals surface area contributed by atoms with Crippen molar-refractivity contribution in [2.45, 2.75) is 40.0 Å². The molecule has 1 nitrogen and oxygen atoms in total. The first-order valence-electron chi connectivity index (χ1n) is 5.31. The minimum atomic E-state index is 0.670. The predicted molar refractivity (Wildman–Crippen MR) is 60.4 cm³/mol. The van der Waals surface area contributed by atoms with E-state index in [1.807, 2.05) is 6.20 Å². The summed E-state index contributed by atoms with van der Waals surface area (Å²) in [6.45, 7) is 11.5. The molecular weight excluding hydrogens is 158 g/mol. The monoisotopic (exact) mass is 181 g/mol. The van der Waals surface area contributed by atoms with Gasteiger partial charge in [-0.3, -0.25) is 0 Å². The molecule has 0 amide bonds. The van der Waals surface area contributed by atoms with Gasteiger partial charge in [-0.05, 0) is 24.7 Å². The van der Waals surface area contributed by atoms with Crippen LogP contribution in [0.5, 0.6) is 0 Å². The van der Waals surface area contributed by atoms with E-state index in [9.17, 15) is 0 Å². The van der Waals surface area contributed by atoms with E-state index in [0.29, 0.717) is 5.92 Å². The Kier molecular flexibility index (Phi) is 7.47. The standard InChI is InChI=1S/C12H23N/c1-5-8-10-13(7-3)11-9-12(4)6-2/h7,9,11-12H,3,5-6,8,10H2,1-2,4H3/b11-9-. The highest BCUT2D eigenvalue weighted by Gasteiger charge is 1.94. The van der Waals surface area contributed by atoms with Gasteiger partial charge in [-0.1, -0.05) is 46.3 Å². The molecule has 13 heavy (non-hydrogen) atoms. The lowest BCUT2D eigenvalue weighted by atomic mass is 10.1. The van der Waals surface area contributed by atoms with Crippen molar-refractivity contribution < 1.29 is 0 Å². The van der Waals surface area contributed by atoms with Gasteiger partial charge >= 0.3 is 0 Å². The van der Waals surface area contributed by atoms with Gasteiger partial charge in [-0.25, -0.2) is 0 Å². The summed E-state index contributed by atoms with van der Waals surface area (Å²) >= 11 is 0. The maximum atomic E-state index is 3.79. The first-order valence-corrected chi connectivity index (χ1v) is 5.31. The summed E-state index contributed by atoms with van der Waals surface area (Å²) in [5.41, 5.74) is 0. The molecule has 0 saturated carbocycles. The van der Waals surface area contributed by atoms with Crippen LogP contribution < -0.4 is 0 Å². The molecular formula is C12H23N. The van der Waals surface area contributed by atoms with Crippen LogP contribution in [0.15, 0.2) is 25.1 Å². The Labute approximate surface area is 83.1 Å². The first kappa shape index (κ1) is 12.3. The number of unbranched alkanes of at least 4 members (excludes halogenated alkanes) is 1. The van der Waals surface area contributed by atoms with Gasteiger partial charge in [0.05, 0.1) is 0 Å². The molecule has 0 saturated heterocycles. The topological polar surface area (TPSA) is 3.24 Å². The summed E-state index contributed by atoms with van der Waals surface area (Å²) in [7, 11) is 0. The van der Waals surface area contributed by atoms with E-state index in [-0.39, 0.29) is 0 Å². The Morgan fingerprint density at radius 1 is 1.38 bits per heavy atom. The van der Waals surface area contributed by atoms with Crippen molar-refractivity contribution in [2.24, 2.45) is 5.92 Å². The summed E-state index contributed by atoms with van der Waals surface area (Å²) < 4.78 is 0. The number of rotatable bonds is 7. The second-order valence-corrected chi connectivity index (χ2v) is 3.50. The smallest absolute Gasteiger partial charge is 0.0219 e. The zero-order valence-electron chi connectivity index (χ0n) is 9.29. The highest BCUT2D eigenvalue weighted by atomic mass is 15.1. The number of hydrogen-bond donors (Lipinski definition) is 0. The van der Waals surface area contributed by atoms with Crippen LogP contribution in [0.4, 0.5) is 0 Å². The summed E-state index contributed by atoms with van der Waals surface area (Å²) in [5, 5.41) is 0. The zero-order valence-corrected chi connectivity index (χ0v) is 9.29. The van der Waals surface area contributed by atoms with Crippen LogP contribution in [0, 0.1) is 5.92 Å². The van der Waals surface area contributed by atoms with Gasteiger partial charge in [0, 0.05) is 6.54 Å². The second-order valence-electron chi connectivity index (χ2n) is 3.50. The van der Waals surface area contributed by atoms with Crippen LogP contribution in [0.2, 0.25) is 0 Å². The molecule has 76 valence electrons. The van der Waals surface area contributed by atoms with Crippen LogP contribution in [-0.4, -0.2) is 11.4 Å². The molecule has 0 bridgehead atoms. The van der Waals surface area contributed by atoms with E-state index in [4.69, 9.17) is 0 Å². The Bertz CT molecular complexity index is 149. The van der Waals surface area contributed by atoms with Crippen LogP contribution in [0.3, 0.4) is 0 Å². The fourth-order valence-corrected chi connectivity index (χ4v) is 0.961. The van der Waals surface area contributed by atoms with Crippen molar-refractivity contribution in [2.75, 3.05) is 6.54 Å². The number of allylic oxidation sites excluding steroid dienone is 1. The Morgan fingerprint density at radius 2 is 2.08 bits per heavy atom. The summed E-state index contributed by atoms with van der Waals surface area (Å²) in [4.78, 5) is 2.16. The molecule has 0 aliphatic carbocycles. The molecule has 1 heteroatoms. The highest BCUT2D eigenvalue weighted by molar-refractivity contribution is 4.90. The Balaban J connectivity index is 3.81. The maximum absolute atomic E-state index is 3.79. The summed E-state index contributed by atoms with van der Waals surface area (Å²) in [5.74, 6) is 0.670. The molecule has 0 aromatic carbocycles. The second kappa shape index (κ2) is 7.90. The molecule has 0 aliphatic heterocycles. The predicted octanol–water partition coefficient (Wildman–Crippen LogP) is 3.79. The third kappa shape index (κ3) is 6.44. The van der Waals surface area contributed by atoms with E-state index in [1.54, 1.807) is 0 Å². The lowest BCUT2D eigenvalue weighted by Gasteiger charge is -2.14. The SMILES string of the molecule is C=CN(/C=C\C(C)CC)CCCC. The van der Waals surface area contributed by atoms with Crippen molar-refractivity contribution >= 4 is 0 Å². The van der Waals surface area contributed by atoms with E-state index in [2.05, 4.69) is 44.5 Å². The van der Waals surface area contributed by atoms with Crippen molar-refractivity contribution in [1.82, 2.24) is 4.90 Å². The Hall–Kier alpha value is -0.720. The molecule has 1 unspecified atom stereocenters. The van der Waals surface area contributed by atoms with Crippen LogP contribution in [0.25, 0.3) is 0 Å². The molecule has 0 aromatic heterocycles. The first-order chi connectivity index (χ1) is 6.24. The van der Waals surface area contributed by atoms with E-state index in [1.165, 1.54) is 19.3 Å². The average Bonchev–Trinajstić information content (AvgIpc) is 2.17. The van der Waals surface area contributed by atoms with Gasteiger partial charge < -0.3 is 4.90 Å². The van der Waals surface area contributed by atoms with Gasteiger partial charge in [0.1, 0.15) is 0 Å². The molecule has 0 aromatic rings. The third-order valence-corrected chi connectivity index (χ3v) is 2.25. The third-order valence-electron chi connectivity index (χ3n) is 2.25. The largest absolute Gasteiger partial charge is 0.355 e. The van der Waals surface area contributed by atoms with E-state index >= 15 is 0 Å². The van der Waals surface area contributed by atoms with Crippen LogP contribution in [0.1, 0.15) is 40.0 Å². The molecule has 0 aliphatic rings. The van der Waals surface area contributed by atoms with Gasteiger partial charge in [0.15, 0.2) is 0 Å². The quantitative estimate of drug-likeness (QED) is 0.577.